The summed E-state index contributed by atoms with van der Waals surface area (Å²) < 4.78 is 5.39. The first-order valence-electron chi connectivity index (χ1n) is 8.44. The average Bonchev–Trinajstić information content (AvgIpc) is 2.68. The van der Waals surface area contributed by atoms with E-state index in [0.717, 1.165) is 43.0 Å². The number of likely N-dealkylation sites (N-methyl/N-ethyl adjacent to an activating group) is 1. The van der Waals surface area contributed by atoms with Crippen molar-refractivity contribution in [2.75, 3.05) is 45.2 Å². The molecule has 0 bridgehead atoms. The zero-order chi connectivity index (χ0) is 17.2. The molecule has 0 atom stereocenters. The van der Waals surface area contributed by atoms with Crippen molar-refractivity contribution >= 4 is 16.7 Å². The van der Waals surface area contributed by atoms with Crippen LogP contribution in [0.2, 0.25) is 0 Å². The van der Waals surface area contributed by atoms with E-state index in [1.165, 1.54) is 5.69 Å². The van der Waals surface area contributed by atoms with Crippen LogP contribution in [-0.4, -0.2) is 60.2 Å². The summed E-state index contributed by atoms with van der Waals surface area (Å²) in [5, 5.41) is 0. The van der Waals surface area contributed by atoms with Crippen molar-refractivity contribution in [3.05, 3.63) is 42.7 Å². The standard InChI is InChI=1S/C19H21N5O/c1-23-9-11-24(12-10-23)15-5-3-14(4-6-15)16-13-17-18(19(22-16)25-2)21-8-7-20-17/h3-8,13H,9-12H2,1-2H3. The number of piperazine rings is 1. The van der Waals surface area contributed by atoms with Crippen molar-refractivity contribution in [2.24, 2.45) is 0 Å². The predicted octanol–water partition coefficient (Wildman–Crippen LogP) is 2.45. The Bertz CT molecular complexity index is 873. The molecule has 2 aromatic heterocycles. The summed E-state index contributed by atoms with van der Waals surface area (Å²) in [6, 6.07) is 10.5. The highest BCUT2D eigenvalue weighted by Crippen LogP contribution is 2.28. The Morgan fingerprint density at radius 2 is 1.68 bits per heavy atom. The Morgan fingerprint density at radius 3 is 2.40 bits per heavy atom. The lowest BCUT2D eigenvalue weighted by molar-refractivity contribution is 0.313. The van der Waals surface area contributed by atoms with Gasteiger partial charge in [-0.1, -0.05) is 12.1 Å². The molecule has 6 nitrogen and oxygen atoms in total. The number of fused-ring (bicyclic) bond motifs is 1. The lowest BCUT2D eigenvalue weighted by Gasteiger charge is -2.34. The second kappa shape index (κ2) is 6.64. The number of hydrogen-bond acceptors (Lipinski definition) is 6. The molecule has 0 saturated carbocycles. The number of benzene rings is 1. The van der Waals surface area contributed by atoms with Crippen molar-refractivity contribution in [3.63, 3.8) is 0 Å². The Kier molecular flexibility index (Phi) is 4.19. The minimum atomic E-state index is 0.503. The van der Waals surface area contributed by atoms with Gasteiger partial charge in [-0.15, -0.1) is 0 Å². The van der Waals surface area contributed by atoms with Crippen molar-refractivity contribution in [1.29, 1.82) is 0 Å². The van der Waals surface area contributed by atoms with Gasteiger partial charge in [0, 0.05) is 49.8 Å². The number of nitrogens with zero attached hydrogens (tertiary/aromatic N) is 5. The number of pyridine rings is 1. The van der Waals surface area contributed by atoms with Crippen LogP contribution in [0.5, 0.6) is 5.88 Å². The third-order valence-corrected chi connectivity index (χ3v) is 4.65. The third kappa shape index (κ3) is 3.13. The molecule has 3 aromatic rings. The van der Waals surface area contributed by atoms with E-state index in [1.807, 2.05) is 6.07 Å². The summed E-state index contributed by atoms with van der Waals surface area (Å²) in [4.78, 5) is 18.1. The van der Waals surface area contributed by atoms with E-state index in [1.54, 1.807) is 19.5 Å². The molecule has 128 valence electrons. The van der Waals surface area contributed by atoms with Gasteiger partial charge in [-0.3, -0.25) is 4.98 Å². The van der Waals surface area contributed by atoms with Crippen LogP contribution in [0.4, 0.5) is 5.69 Å². The number of aromatic nitrogens is 3. The van der Waals surface area contributed by atoms with Gasteiger partial charge in [0.2, 0.25) is 5.88 Å². The second-order valence-electron chi connectivity index (χ2n) is 6.28. The van der Waals surface area contributed by atoms with E-state index in [2.05, 4.69) is 56.1 Å². The fourth-order valence-corrected chi connectivity index (χ4v) is 3.14. The Labute approximate surface area is 147 Å². The fourth-order valence-electron chi connectivity index (χ4n) is 3.14. The van der Waals surface area contributed by atoms with Crippen LogP contribution >= 0.6 is 0 Å². The molecule has 1 fully saturated rings. The monoisotopic (exact) mass is 335 g/mol. The number of ether oxygens (including phenoxy) is 1. The van der Waals surface area contributed by atoms with Crippen molar-refractivity contribution in [1.82, 2.24) is 19.9 Å². The molecule has 0 radical (unpaired) electrons. The topological polar surface area (TPSA) is 54.4 Å². The number of anilines is 1. The highest BCUT2D eigenvalue weighted by Gasteiger charge is 2.15. The van der Waals surface area contributed by atoms with E-state index in [4.69, 9.17) is 4.74 Å². The van der Waals surface area contributed by atoms with Crippen LogP contribution in [0.25, 0.3) is 22.3 Å². The smallest absolute Gasteiger partial charge is 0.242 e. The molecule has 1 aliphatic rings. The Morgan fingerprint density at radius 1 is 0.960 bits per heavy atom. The average molecular weight is 335 g/mol. The molecule has 1 aliphatic heterocycles. The van der Waals surface area contributed by atoms with Gasteiger partial charge in [0.05, 0.1) is 18.3 Å². The molecule has 0 unspecified atom stereocenters. The molecule has 1 aromatic carbocycles. The summed E-state index contributed by atoms with van der Waals surface area (Å²) in [5.41, 5.74) is 4.61. The summed E-state index contributed by atoms with van der Waals surface area (Å²) in [6.45, 7) is 4.33. The summed E-state index contributed by atoms with van der Waals surface area (Å²) in [6.07, 6.45) is 3.33. The normalized spacial score (nSPS) is 15.5. The molecule has 25 heavy (non-hydrogen) atoms. The van der Waals surface area contributed by atoms with Gasteiger partial charge in [0.15, 0.2) is 5.52 Å². The third-order valence-electron chi connectivity index (χ3n) is 4.65. The Balaban J connectivity index is 1.65. The van der Waals surface area contributed by atoms with Gasteiger partial charge < -0.3 is 14.5 Å². The van der Waals surface area contributed by atoms with E-state index in [9.17, 15) is 0 Å². The van der Waals surface area contributed by atoms with E-state index >= 15 is 0 Å². The molecule has 4 rings (SSSR count). The molecular formula is C19H21N5O. The number of rotatable bonds is 3. The maximum atomic E-state index is 5.39. The van der Waals surface area contributed by atoms with Crippen LogP contribution in [-0.2, 0) is 0 Å². The maximum Gasteiger partial charge on any atom is 0.242 e. The largest absolute Gasteiger partial charge is 0.479 e. The molecular weight excluding hydrogens is 314 g/mol. The van der Waals surface area contributed by atoms with E-state index in [0.29, 0.717) is 11.4 Å². The lowest BCUT2D eigenvalue weighted by Crippen LogP contribution is -2.44. The lowest BCUT2D eigenvalue weighted by atomic mass is 10.1. The molecule has 0 N–H and O–H groups in total. The quantitative estimate of drug-likeness (QED) is 0.733. The first kappa shape index (κ1) is 15.8. The van der Waals surface area contributed by atoms with E-state index < -0.39 is 0 Å². The SMILES string of the molecule is COc1nc(-c2ccc(N3CCN(C)CC3)cc2)cc2nccnc12. The highest BCUT2D eigenvalue weighted by atomic mass is 16.5. The number of methoxy groups -OCH3 is 1. The summed E-state index contributed by atoms with van der Waals surface area (Å²) in [7, 11) is 3.78. The molecule has 3 heterocycles. The molecule has 0 aliphatic carbocycles. The van der Waals surface area contributed by atoms with E-state index in [-0.39, 0.29) is 0 Å². The van der Waals surface area contributed by atoms with Gasteiger partial charge in [-0.25, -0.2) is 9.97 Å². The van der Waals surface area contributed by atoms with Crippen molar-refractivity contribution in [3.8, 4) is 17.1 Å². The minimum Gasteiger partial charge on any atom is -0.479 e. The maximum absolute atomic E-state index is 5.39. The molecule has 0 spiro atoms. The fraction of sp³-hybridized carbons (Fsp3) is 0.316. The van der Waals surface area contributed by atoms with Gasteiger partial charge in [-0.2, -0.15) is 0 Å². The van der Waals surface area contributed by atoms with Gasteiger partial charge in [-0.05, 0) is 25.2 Å². The highest BCUT2D eigenvalue weighted by molar-refractivity contribution is 5.83. The van der Waals surface area contributed by atoms with Crippen LogP contribution in [0.15, 0.2) is 42.7 Å². The zero-order valence-corrected chi connectivity index (χ0v) is 14.5. The van der Waals surface area contributed by atoms with Gasteiger partial charge in [0.1, 0.15) is 0 Å². The number of hydrogen-bond donors (Lipinski definition) is 0. The first-order valence-corrected chi connectivity index (χ1v) is 8.44. The second-order valence-corrected chi connectivity index (χ2v) is 6.28. The molecule has 1 saturated heterocycles. The van der Waals surface area contributed by atoms with Crippen LogP contribution < -0.4 is 9.64 Å². The zero-order valence-electron chi connectivity index (χ0n) is 14.5. The van der Waals surface area contributed by atoms with Crippen molar-refractivity contribution in [2.45, 2.75) is 0 Å². The van der Waals surface area contributed by atoms with Gasteiger partial charge >= 0.3 is 0 Å². The van der Waals surface area contributed by atoms with Crippen LogP contribution in [0.1, 0.15) is 0 Å². The summed E-state index contributed by atoms with van der Waals surface area (Å²) >= 11 is 0. The minimum absolute atomic E-state index is 0.503. The molecule has 6 heteroatoms. The first-order chi connectivity index (χ1) is 12.2. The van der Waals surface area contributed by atoms with Crippen LogP contribution in [0, 0.1) is 0 Å². The van der Waals surface area contributed by atoms with Gasteiger partial charge in [0.25, 0.3) is 0 Å². The predicted molar refractivity (Wildman–Crippen MR) is 99.0 cm³/mol. The Hall–Kier alpha value is -2.73. The van der Waals surface area contributed by atoms with Crippen LogP contribution in [0.3, 0.4) is 0 Å². The molecule has 0 amide bonds. The van der Waals surface area contributed by atoms with Crippen molar-refractivity contribution < 1.29 is 4.74 Å². The summed E-state index contributed by atoms with van der Waals surface area (Å²) in [5.74, 6) is 0.503.